The summed E-state index contributed by atoms with van der Waals surface area (Å²) in [5.41, 5.74) is 0.869. The summed E-state index contributed by atoms with van der Waals surface area (Å²) in [5.74, 6) is 0.0717. The molecule has 1 saturated heterocycles. The van der Waals surface area contributed by atoms with Crippen LogP contribution >= 0.6 is 22.6 Å². The predicted octanol–water partition coefficient (Wildman–Crippen LogP) is 2.87. The second-order valence-electron chi connectivity index (χ2n) is 5.79. The first-order valence-electron chi connectivity index (χ1n) is 7.63. The Bertz CT molecular complexity index is 490. The molecule has 2 aliphatic rings. The average Bonchev–Trinajstić information content (AvgIpc) is 2.50. The SMILES string of the molecule is O=C(CN1CCOC2CCCCC21)Nc1ccc(I)cc1. The molecule has 0 spiro atoms. The Hall–Kier alpha value is -0.660. The van der Waals surface area contributed by atoms with Gasteiger partial charge in [-0.15, -0.1) is 0 Å². The van der Waals surface area contributed by atoms with E-state index in [1.54, 1.807) is 0 Å². The van der Waals surface area contributed by atoms with Gasteiger partial charge in [-0.05, 0) is 59.7 Å². The van der Waals surface area contributed by atoms with Crippen molar-refractivity contribution in [3.8, 4) is 0 Å². The first-order chi connectivity index (χ1) is 10.2. The summed E-state index contributed by atoms with van der Waals surface area (Å²) in [5, 5.41) is 2.99. The Morgan fingerprint density at radius 2 is 2.05 bits per heavy atom. The van der Waals surface area contributed by atoms with E-state index in [0.717, 1.165) is 31.7 Å². The van der Waals surface area contributed by atoms with Crippen LogP contribution < -0.4 is 5.32 Å². The predicted molar refractivity (Wildman–Crippen MR) is 91.4 cm³/mol. The fourth-order valence-corrected chi connectivity index (χ4v) is 3.65. The van der Waals surface area contributed by atoms with Crippen LogP contribution in [0.5, 0.6) is 0 Å². The molecule has 1 heterocycles. The maximum atomic E-state index is 12.2. The van der Waals surface area contributed by atoms with Crippen LogP contribution in [0, 0.1) is 3.57 Å². The lowest BCUT2D eigenvalue weighted by molar-refractivity contribution is -0.124. The third-order valence-corrected chi connectivity index (χ3v) is 5.04. The third-order valence-electron chi connectivity index (χ3n) is 4.32. The topological polar surface area (TPSA) is 41.6 Å². The van der Waals surface area contributed by atoms with Gasteiger partial charge in [0, 0.05) is 21.8 Å². The number of halogens is 1. The van der Waals surface area contributed by atoms with Gasteiger partial charge in [0.1, 0.15) is 0 Å². The molecule has 5 heteroatoms. The molecule has 1 aromatic rings. The van der Waals surface area contributed by atoms with Crippen molar-refractivity contribution in [3.63, 3.8) is 0 Å². The average molecular weight is 400 g/mol. The van der Waals surface area contributed by atoms with Crippen molar-refractivity contribution in [2.75, 3.05) is 25.0 Å². The smallest absolute Gasteiger partial charge is 0.238 e. The lowest BCUT2D eigenvalue weighted by atomic mass is 9.90. The lowest BCUT2D eigenvalue weighted by Gasteiger charge is -2.43. The summed E-state index contributed by atoms with van der Waals surface area (Å²) in [6.07, 6.45) is 5.13. The number of rotatable bonds is 3. The van der Waals surface area contributed by atoms with Crippen LogP contribution in [-0.4, -0.2) is 42.6 Å². The Morgan fingerprint density at radius 1 is 1.29 bits per heavy atom. The normalized spacial score (nSPS) is 26.1. The molecule has 21 heavy (non-hydrogen) atoms. The monoisotopic (exact) mass is 400 g/mol. The molecule has 1 aliphatic heterocycles. The van der Waals surface area contributed by atoms with Crippen molar-refractivity contribution in [1.29, 1.82) is 0 Å². The van der Waals surface area contributed by atoms with Gasteiger partial charge in [0.05, 0.1) is 19.3 Å². The van der Waals surface area contributed by atoms with E-state index < -0.39 is 0 Å². The Morgan fingerprint density at radius 3 is 2.86 bits per heavy atom. The van der Waals surface area contributed by atoms with Gasteiger partial charge in [0.2, 0.25) is 5.91 Å². The number of morpholine rings is 1. The van der Waals surface area contributed by atoms with E-state index in [1.165, 1.54) is 16.4 Å². The number of nitrogens with zero attached hydrogens (tertiary/aromatic N) is 1. The van der Waals surface area contributed by atoms with Gasteiger partial charge < -0.3 is 10.1 Å². The van der Waals surface area contributed by atoms with Crippen LogP contribution in [0.3, 0.4) is 0 Å². The van der Waals surface area contributed by atoms with Gasteiger partial charge in [0.25, 0.3) is 0 Å². The summed E-state index contributed by atoms with van der Waals surface area (Å²) < 4.78 is 7.02. The summed E-state index contributed by atoms with van der Waals surface area (Å²) in [6.45, 7) is 2.08. The largest absolute Gasteiger partial charge is 0.375 e. The van der Waals surface area contributed by atoms with E-state index in [2.05, 4.69) is 32.8 Å². The van der Waals surface area contributed by atoms with Crippen LogP contribution in [0.25, 0.3) is 0 Å². The summed E-state index contributed by atoms with van der Waals surface area (Å²) in [6, 6.07) is 8.32. The number of ether oxygens (including phenoxy) is 1. The van der Waals surface area contributed by atoms with Gasteiger partial charge in [-0.1, -0.05) is 12.8 Å². The zero-order chi connectivity index (χ0) is 14.7. The Labute approximate surface area is 139 Å². The van der Waals surface area contributed by atoms with Crippen molar-refractivity contribution in [1.82, 2.24) is 4.90 Å². The van der Waals surface area contributed by atoms with E-state index in [9.17, 15) is 4.79 Å². The summed E-state index contributed by atoms with van der Waals surface area (Å²) in [7, 11) is 0. The van der Waals surface area contributed by atoms with E-state index in [-0.39, 0.29) is 5.91 Å². The molecule has 1 amide bonds. The molecule has 2 fully saturated rings. The molecular formula is C16H21IN2O2. The number of anilines is 1. The molecule has 1 saturated carbocycles. The quantitative estimate of drug-likeness (QED) is 0.794. The number of carbonyl (C=O) groups is 1. The van der Waals surface area contributed by atoms with Crippen molar-refractivity contribution < 1.29 is 9.53 Å². The summed E-state index contributed by atoms with van der Waals surface area (Å²) >= 11 is 2.26. The van der Waals surface area contributed by atoms with Gasteiger partial charge in [-0.3, -0.25) is 9.69 Å². The number of nitrogens with one attached hydrogen (secondary N) is 1. The molecule has 1 N–H and O–H groups in total. The van der Waals surface area contributed by atoms with Crippen molar-refractivity contribution in [2.24, 2.45) is 0 Å². The second kappa shape index (κ2) is 7.07. The number of benzene rings is 1. The molecule has 4 nitrogen and oxygen atoms in total. The van der Waals surface area contributed by atoms with E-state index in [1.807, 2.05) is 24.3 Å². The molecule has 1 aliphatic carbocycles. The minimum Gasteiger partial charge on any atom is -0.375 e. The van der Waals surface area contributed by atoms with Crippen LogP contribution in [0.1, 0.15) is 25.7 Å². The number of carbonyl (C=O) groups excluding carboxylic acids is 1. The van der Waals surface area contributed by atoms with E-state index in [4.69, 9.17) is 4.74 Å². The molecule has 0 aromatic heterocycles. The highest BCUT2D eigenvalue weighted by Gasteiger charge is 2.34. The van der Waals surface area contributed by atoms with Crippen molar-refractivity contribution in [2.45, 2.75) is 37.8 Å². The van der Waals surface area contributed by atoms with Gasteiger partial charge in [0.15, 0.2) is 0 Å². The fraction of sp³-hybridized carbons (Fsp3) is 0.562. The van der Waals surface area contributed by atoms with Crippen LogP contribution in [-0.2, 0) is 9.53 Å². The minimum atomic E-state index is 0.0717. The number of amides is 1. The van der Waals surface area contributed by atoms with E-state index >= 15 is 0 Å². The zero-order valence-corrected chi connectivity index (χ0v) is 14.2. The minimum absolute atomic E-state index is 0.0717. The Kier molecular flexibility index (Phi) is 5.13. The van der Waals surface area contributed by atoms with Gasteiger partial charge in [-0.2, -0.15) is 0 Å². The van der Waals surface area contributed by atoms with Gasteiger partial charge in [-0.25, -0.2) is 0 Å². The van der Waals surface area contributed by atoms with Crippen LogP contribution in [0.15, 0.2) is 24.3 Å². The first-order valence-corrected chi connectivity index (χ1v) is 8.71. The number of fused-ring (bicyclic) bond motifs is 1. The molecular weight excluding hydrogens is 379 g/mol. The molecule has 114 valence electrons. The molecule has 2 unspecified atom stereocenters. The van der Waals surface area contributed by atoms with Crippen LogP contribution in [0.4, 0.5) is 5.69 Å². The summed E-state index contributed by atoms with van der Waals surface area (Å²) in [4.78, 5) is 14.5. The molecule has 1 aromatic carbocycles. The highest BCUT2D eigenvalue weighted by Crippen LogP contribution is 2.28. The van der Waals surface area contributed by atoms with Crippen molar-refractivity contribution in [3.05, 3.63) is 27.8 Å². The highest BCUT2D eigenvalue weighted by atomic mass is 127. The second-order valence-corrected chi connectivity index (χ2v) is 7.03. The van der Waals surface area contributed by atoms with E-state index in [0.29, 0.717) is 18.7 Å². The first kappa shape index (κ1) is 15.2. The maximum Gasteiger partial charge on any atom is 0.238 e. The number of hydrogen-bond donors (Lipinski definition) is 1. The van der Waals surface area contributed by atoms with Gasteiger partial charge >= 0.3 is 0 Å². The fourth-order valence-electron chi connectivity index (χ4n) is 3.29. The molecule has 0 radical (unpaired) electrons. The highest BCUT2D eigenvalue weighted by molar-refractivity contribution is 14.1. The molecule has 2 atom stereocenters. The molecule has 0 bridgehead atoms. The number of hydrogen-bond acceptors (Lipinski definition) is 3. The van der Waals surface area contributed by atoms with Crippen molar-refractivity contribution >= 4 is 34.2 Å². The maximum absolute atomic E-state index is 12.2. The standard InChI is InChI=1S/C16H21IN2O2/c17-12-5-7-13(8-6-12)18-16(20)11-19-9-10-21-15-4-2-1-3-14(15)19/h5-8,14-15H,1-4,9-11H2,(H,18,20). The van der Waals surface area contributed by atoms with Crippen LogP contribution in [0.2, 0.25) is 0 Å². The molecule has 3 rings (SSSR count). The third kappa shape index (κ3) is 3.96. The Balaban J connectivity index is 1.57. The lowest BCUT2D eigenvalue weighted by Crippen LogP contribution is -2.54. The zero-order valence-electron chi connectivity index (χ0n) is 12.1.